The molecule has 6 heteroatoms. The van der Waals surface area contributed by atoms with Gasteiger partial charge in [0.05, 0.1) is 24.1 Å². The molecule has 0 bridgehead atoms. The van der Waals surface area contributed by atoms with Crippen LogP contribution in [0.2, 0.25) is 0 Å². The van der Waals surface area contributed by atoms with Gasteiger partial charge in [-0.25, -0.2) is 4.39 Å². The van der Waals surface area contributed by atoms with Gasteiger partial charge in [0, 0.05) is 12.1 Å². The molecule has 1 aromatic carbocycles. The van der Waals surface area contributed by atoms with E-state index >= 15 is 0 Å². The molecule has 1 aliphatic heterocycles. The number of nitro benzene ring substituents is 1. The smallest absolute Gasteiger partial charge is 0.272 e. The molecule has 0 saturated carbocycles. The average Bonchev–Trinajstić information content (AvgIpc) is 2.29. The Morgan fingerprint density at radius 1 is 1.24 bits per heavy atom. The molecule has 0 spiro atoms. The van der Waals surface area contributed by atoms with Gasteiger partial charge in [0.1, 0.15) is 0 Å². The molecule has 0 radical (unpaired) electrons. The molecule has 0 N–H and O–H groups in total. The molecule has 0 aromatic heterocycles. The number of hydroxylamine groups is 2. The molecule has 92 valence electrons. The fourth-order valence-corrected chi connectivity index (χ4v) is 2.20. The van der Waals surface area contributed by atoms with Crippen molar-refractivity contribution in [3.05, 3.63) is 39.3 Å². The van der Waals surface area contributed by atoms with Gasteiger partial charge in [0.2, 0.25) is 0 Å². The maximum atomic E-state index is 13.7. The first-order valence-electron chi connectivity index (χ1n) is 5.55. The molecule has 5 nitrogen and oxygen atoms in total. The Hall–Kier alpha value is -1.53. The second-order valence-corrected chi connectivity index (χ2v) is 4.29. The minimum absolute atomic E-state index is 0.00954. The number of hydrogen-bond donors (Lipinski definition) is 0. The third kappa shape index (κ3) is 2.27. The summed E-state index contributed by atoms with van der Waals surface area (Å²) in [4.78, 5) is 9.81. The summed E-state index contributed by atoms with van der Waals surface area (Å²) in [5.41, 5.74) is -0.315. The van der Waals surface area contributed by atoms with Crippen LogP contribution >= 0.6 is 0 Å². The van der Waals surface area contributed by atoms with Crippen LogP contribution in [0.5, 0.6) is 0 Å². The Bertz CT molecular complexity index is 444. The molecule has 0 atom stereocenters. The number of nitro groups is 1. The van der Waals surface area contributed by atoms with E-state index in [1.54, 1.807) is 0 Å². The van der Waals surface area contributed by atoms with Crippen LogP contribution in [0.4, 0.5) is 15.8 Å². The van der Waals surface area contributed by atoms with Crippen molar-refractivity contribution >= 4 is 11.4 Å². The van der Waals surface area contributed by atoms with Crippen LogP contribution in [0.1, 0.15) is 19.3 Å². The highest BCUT2D eigenvalue weighted by atomic mass is 19.1. The Balaban J connectivity index is 2.35. The quantitative estimate of drug-likeness (QED) is 0.345. The van der Waals surface area contributed by atoms with Crippen LogP contribution < -0.4 is 4.65 Å². The topological polar surface area (TPSA) is 66.2 Å². The van der Waals surface area contributed by atoms with Gasteiger partial charge in [-0.2, -0.15) is 0 Å². The first kappa shape index (κ1) is 11.9. The molecule has 0 unspecified atom stereocenters. The highest BCUT2D eigenvalue weighted by Gasteiger charge is 2.28. The Morgan fingerprint density at radius 3 is 2.41 bits per heavy atom. The fourth-order valence-electron chi connectivity index (χ4n) is 2.20. The van der Waals surface area contributed by atoms with Crippen molar-refractivity contribution in [1.29, 1.82) is 0 Å². The van der Waals surface area contributed by atoms with E-state index in [2.05, 4.69) is 0 Å². The van der Waals surface area contributed by atoms with Crippen molar-refractivity contribution < 1.29 is 9.31 Å². The van der Waals surface area contributed by atoms with E-state index in [-0.39, 0.29) is 11.4 Å². The summed E-state index contributed by atoms with van der Waals surface area (Å²) in [7, 11) is 0. The zero-order chi connectivity index (χ0) is 12.5. The number of hydrogen-bond acceptors (Lipinski definition) is 3. The molecule has 1 aromatic rings. The molecular formula is C11H13FN2O3. The molecule has 1 fully saturated rings. The normalized spacial score (nSPS) is 18.9. The summed E-state index contributed by atoms with van der Waals surface area (Å²) < 4.78 is 13.0. The summed E-state index contributed by atoms with van der Waals surface area (Å²) >= 11 is 0. The first-order valence-corrected chi connectivity index (χ1v) is 5.55. The van der Waals surface area contributed by atoms with Gasteiger partial charge >= 0.3 is 0 Å². The maximum absolute atomic E-state index is 13.7. The summed E-state index contributed by atoms with van der Waals surface area (Å²) in [6, 6.07) is 3.25. The van der Waals surface area contributed by atoms with E-state index in [9.17, 15) is 19.7 Å². The van der Waals surface area contributed by atoms with E-state index in [4.69, 9.17) is 0 Å². The van der Waals surface area contributed by atoms with Gasteiger partial charge in [-0.05, 0) is 19.3 Å². The largest absolute Gasteiger partial charge is 0.627 e. The van der Waals surface area contributed by atoms with Gasteiger partial charge < -0.3 is 9.85 Å². The van der Waals surface area contributed by atoms with E-state index in [0.29, 0.717) is 13.1 Å². The molecule has 1 heterocycles. The Kier molecular flexibility index (Phi) is 3.08. The molecule has 1 saturated heterocycles. The first-order chi connectivity index (χ1) is 8.03. The van der Waals surface area contributed by atoms with Crippen molar-refractivity contribution in [1.82, 2.24) is 4.65 Å². The Labute approximate surface area is 97.8 Å². The standard InChI is InChI=1S/C11H13FN2O3/c12-10-8-9(13(15)16)4-5-11(10)14(17)6-2-1-3-7-14/h4-5,8H,1-3,6-7H2. The molecule has 0 aliphatic carbocycles. The maximum Gasteiger partial charge on any atom is 0.272 e. The second kappa shape index (κ2) is 4.38. The van der Waals surface area contributed by atoms with Crippen molar-refractivity contribution in [2.75, 3.05) is 13.1 Å². The van der Waals surface area contributed by atoms with Crippen molar-refractivity contribution in [2.24, 2.45) is 0 Å². The lowest BCUT2D eigenvalue weighted by Gasteiger charge is -2.44. The zero-order valence-corrected chi connectivity index (χ0v) is 9.26. The fraction of sp³-hybridized carbons (Fsp3) is 0.455. The minimum atomic E-state index is -0.781. The SMILES string of the molecule is O=[N+]([O-])c1ccc([N+]2([O-])CCCCC2)c(F)c1. The van der Waals surface area contributed by atoms with E-state index in [1.807, 2.05) is 0 Å². The van der Waals surface area contributed by atoms with Crippen LogP contribution in [-0.4, -0.2) is 18.0 Å². The number of nitrogens with zero attached hydrogens (tertiary/aromatic N) is 2. The van der Waals surface area contributed by atoms with Gasteiger partial charge in [-0.15, -0.1) is 0 Å². The Morgan fingerprint density at radius 2 is 1.88 bits per heavy atom. The summed E-state index contributed by atoms with van der Waals surface area (Å²) in [6.07, 6.45) is 2.51. The second-order valence-electron chi connectivity index (χ2n) is 4.29. The lowest BCUT2D eigenvalue weighted by molar-refractivity contribution is -0.385. The number of piperidine rings is 1. The molecule has 1 aliphatic rings. The summed E-state index contributed by atoms with van der Waals surface area (Å²) in [6.45, 7) is 0.684. The minimum Gasteiger partial charge on any atom is -0.627 e. The van der Waals surface area contributed by atoms with Crippen LogP contribution in [-0.2, 0) is 0 Å². The van der Waals surface area contributed by atoms with Gasteiger partial charge in [-0.1, -0.05) is 0 Å². The number of benzene rings is 1. The van der Waals surface area contributed by atoms with E-state index in [0.717, 1.165) is 25.3 Å². The highest BCUT2D eigenvalue weighted by Crippen LogP contribution is 2.31. The lowest BCUT2D eigenvalue weighted by Crippen LogP contribution is -2.47. The molecular weight excluding hydrogens is 227 g/mol. The van der Waals surface area contributed by atoms with Crippen LogP contribution in [0.15, 0.2) is 18.2 Å². The third-order valence-corrected chi connectivity index (χ3v) is 3.12. The molecule has 17 heavy (non-hydrogen) atoms. The zero-order valence-electron chi connectivity index (χ0n) is 9.26. The predicted molar refractivity (Wildman–Crippen MR) is 61.8 cm³/mol. The van der Waals surface area contributed by atoms with Crippen LogP contribution in [0.25, 0.3) is 0 Å². The monoisotopic (exact) mass is 240 g/mol. The van der Waals surface area contributed by atoms with Gasteiger partial charge in [0.15, 0.2) is 11.5 Å². The average molecular weight is 240 g/mol. The molecule has 2 rings (SSSR count). The van der Waals surface area contributed by atoms with Crippen molar-refractivity contribution in [3.8, 4) is 0 Å². The van der Waals surface area contributed by atoms with Crippen LogP contribution in [0.3, 0.4) is 0 Å². The third-order valence-electron chi connectivity index (χ3n) is 3.12. The summed E-state index contributed by atoms with van der Waals surface area (Å²) in [5.74, 6) is -0.781. The number of halogens is 1. The van der Waals surface area contributed by atoms with Crippen molar-refractivity contribution in [3.63, 3.8) is 0 Å². The van der Waals surface area contributed by atoms with E-state index < -0.39 is 15.4 Å². The lowest BCUT2D eigenvalue weighted by atomic mass is 10.1. The highest BCUT2D eigenvalue weighted by molar-refractivity contribution is 5.50. The predicted octanol–water partition coefficient (Wildman–Crippen LogP) is 2.72. The molecule has 0 amide bonds. The number of non-ortho nitro benzene ring substituents is 1. The summed E-state index contributed by atoms with van der Waals surface area (Å²) in [5, 5.41) is 22.8. The number of quaternary nitrogens is 1. The van der Waals surface area contributed by atoms with Gasteiger partial charge in [-0.3, -0.25) is 10.1 Å². The van der Waals surface area contributed by atoms with Crippen molar-refractivity contribution in [2.45, 2.75) is 19.3 Å². The van der Waals surface area contributed by atoms with Gasteiger partial charge in [0.25, 0.3) is 5.69 Å². The van der Waals surface area contributed by atoms with Crippen LogP contribution in [0, 0.1) is 21.1 Å². The van der Waals surface area contributed by atoms with E-state index in [1.165, 1.54) is 12.1 Å². The number of rotatable bonds is 2.